The summed E-state index contributed by atoms with van der Waals surface area (Å²) in [5.41, 5.74) is 5.50. The molecule has 0 saturated carbocycles. The molecule has 4 N–H and O–H groups in total. The van der Waals surface area contributed by atoms with Crippen molar-refractivity contribution in [3.63, 3.8) is 0 Å². The van der Waals surface area contributed by atoms with Crippen LogP contribution in [-0.4, -0.2) is 31.4 Å². The topological polar surface area (TPSA) is 84.2 Å². The molecule has 0 spiro atoms. The van der Waals surface area contributed by atoms with E-state index in [-0.39, 0.29) is 11.8 Å². The number of rotatable bonds is 9. The highest BCUT2D eigenvalue weighted by Gasteiger charge is 2.08. The molecule has 0 bridgehead atoms. The molecule has 0 saturated heterocycles. The lowest BCUT2D eigenvalue weighted by molar-refractivity contribution is -0.122. The van der Waals surface area contributed by atoms with Crippen LogP contribution in [0, 0.1) is 5.92 Å². The van der Waals surface area contributed by atoms with Crippen molar-refractivity contribution in [2.45, 2.75) is 39.5 Å². The Balaban J connectivity index is 3.54. The van der Waals surface area contributed by atoms with Gasteiger partial charge in [-0.25, -0.2) is 0 Å². The van der Waals surface area contributed by atoms with Gasteiger partial charge in [0.15, 0.2) is 0 Å². The van der Waals surface area contributed by atoms with E-state index in [9.17, 15) is 9.59 Å². The second kappa shape index (κ2) is 10.1. The second-order valence-electron chi connectivity index (χ2n) is 4.22. The molecule has 5 nitrogen and oxygen atoms in total. The summed E-state index contributed by atoms with van der Waals surface area (Å²) in [6, 6.07) is 0. The van der Waals surface area contributed by atoms with Gasteiger partial charge in [0.05, 0.1) is 0 Å². The Morgan fingerprint density at radius 3 is 2.35 bits per heavy atom. The van der Waals surface area contributed by atoms with Crippen LogP contribution in [0.15, 0.2) is 0 Å². The Morgan fingerprint density at radius 2 is 1.82 bits per heavy atom. The Morgan fingerprint density at radius 1 is 1.18 bits per heavy atom. The van der Waals surface area contributed by atoms with Crippen molar-refractivity contribution in [3.05, 3.63) is 0 Å². The molecular formula is C12H25N3O2. The molecule has 1 atom stereocenters. The molecule has 0 aromatic rings. The molecule has 0 radical (unpaired) electrons. The smallest absolute Gasteiger partial charge is 0.220 e. The molecule has 0 fully saturated rings. The molecule has 100 valence electrons. The summed E-state index contributed by atoms with van der Waals surface area (Å²) in [5, 5.41) is 5.40. The van der Waals surface area contributed by atoms with Crippen LogP contribution in [0.3, 0.4) is 0 Å². The molecule has 0 aromatic heterocycles. The van der Waals surface area contributed by atoms with Gasteiger partial charge in [0, 0.05) is 26.4 Å². The highest BCUT2D eigenvalue weighted by Crippen LogP contribution is 2.13. The van der Waals surface area contributed by atoms with Crippen molar-refractivity contribution in [3.8, 4) is 0 Å². The maximum absolute atomic E-state index is 11.5. The predicted octanol–water partition coefficient (Wildman–Crippen LogP) is 0.394. The number of nitrogens with one attached hydrogen (secondary N) is 2. The van der Waals surface area contributed by atoms with Gasteiger partial charge < -0.3 is 16.4 Å². The molecular weight excluding hydrogens is 218 g/mol. The van der Waals surface area contributed by atoms with E-state index in [1.807, 2.05) is 0 Å². The van der Waals surface area contributed by atoms with Gasteiger partial charge in [-0.15, -0.1) is 0 Å². The van der Waals surface area contributed by atoms with Crippen LogP contribution in [0.4, 0.5) is 0 Å². The quantitative estimate of drug-likeness (QED) is 0.512. The standard InChI is InChI=1S/C12H25N3O2/c1-3-11(6-7-13)4-5-12(17)15-9-8-14-10(2)16/h11H,3-9,13H2,1-2H3,(H,14,16)(H,15,17). The van der Waals surface area contributed by atoms with Crippen LogP contribution in [0.25, 0.3) is 0 Å². The third-order valence-corrected chi connectivity index (χ3v) is 2.75. The number of nitrogens with two attached hydrogens (primary N) is 1. The summed E-state index contributed by atoms with van der Waals surface area (Å²) in [4.78, 5) is 22.0. The normalized spacial score (nSPS) is 11.9. The largest absolute Gasteiger partial charge is 0.355 e. The number of hydrogen-bond donors (Lipinski definition) is 3. The summed E-state index contributed by atoms with van der Waals surface area (Å²) in [6.45, 7) is 5.24. The summed E-state index contributed by atoms with van der Waals surface area (Å²) in [5.74, 6) is 0.514. The zero-order chi connectivity index (χ0) is 13.1. The lowest BCUT2D eigenvalue weighted by Crippen LogP contribution is -2.33. The number of amides is 2. The van der Waals surface area contributed by atoms with Gasteiger partial charge in [0.2, 0.25) is 11.8 Å². The first kappa shape index (κ1) is 15.9. The highest BCUT2D eigenvalue weighted by atomic mass is 16.2. The van der Waals surface area contributed by atoms with E-state index in [0.29, 0.717) is 32.0 Å². The molecule has 0 aromatic carbocycles. The fourth-order valence-electron chi connectivity index (χ4n) is 1.65. The lowest BCUT2D eigenvalue weighted by atomic mass is 9.96. The number of hydrogen-bond acceptors (Lipinski definition) is 3. The van der Waals surface area contributed by atoms with Gasteiger partial charge in [-0.2, -0.15) is 0 Å². The van der Waals surface area contributed by atoms with Crippen molar-refractivity contribution in [1.29, 1.82) is 0 Å². The van der Waals surface area contributed by atoms with Crippen LogP contribution < -0.4 is 16.4 Å². The average molecular weight is 243 g/mol. The Kier molecular flexibility index (Phi) is 9.43. The molecule has 5 heteroatoms. The van der Waals surface area contributed by atoms with Gasteiger partial charge in [-0.3, -0.25) is 9.59 Å². The minimum atomic E-state index is -0.0757. The molecule has 0 rings (SSSR count). The summed E-state index contributed by atoms with van der Waals surface area (Å²) in [6.07, 6.45) is 3.48. The van der Waals surface area contributed by atoms with Crippen molar-refractivity contribution in [2.24, 2.45) is 11.7 Å². The monoisotopic (exact) mass is 243 g/mol. The Labute approximate surface area is 104 Å². The second-order valence-corrected chi connectivity index (χ2v) is 4.22. The first-order chi connectivity index (χ1) is 8.10. The van der Waals surface area contributed by atoms with Gasteiger partial charge in [-0.1, -0.05) is 13.3 Å². The van der Waals surface area contributed by atoms with E-state index < -0.39 is 0 Å². The van der Waals surface area contributed by atoms with Crippen LogP contribution in [0.5, 0.6) is 0 Å². The SMILES string of the molecule is CCC(CCN)CCC(=O)NCCNC(C)=O. The molecule has 17 heavy (non-hydrogen) atoms. The Hall–Kier alpha value is -1.10. The zero-order valence-electron chi connectivity index (χ0n) is 10.9. The highest BCUT2D eigenvalue weighted by molar-refractivity contribution is 5.76. The van der Waals surface area contributed by atoms with Gasteiger partial charge in [-0.05, 0) is 25.3 Å². The molecule has 0 aliphatic rings. The lowest BCUT2D eigenvalue weighted by Gasteiger charge is -2.13. The average Bonchev–Trinajstić information content (AvgIpc) is 2.29. The zero-order valence-corrected chi connectivity index (χ0v) is 10.9. The van der Waals surface area contributed by atoms with Crippen molar-refractivity contribution in [2.75, 3.05) is 19.6 Å². The molecule has 0 aliphatic carbocycles. The van der Waals surface area contributed by atoms with Crippen LogP contribution in [0.2, 0.25) is 0 Å². The van der Waals surface area contributed by atoms with E-state index in [4.69, 9.17) is 5.73 Å². The van der Waals surface area contributed by atoms with E-state index in [1.54, 1.807) is 0 Å². The summed E-state index contributed by atoms with van der Waals surface area (Å²) >= 11 is 0. The number of carbonyl (C=O) groups excluding carboxylic acids is 2. The van der Waals surface area contributed by atoms with Crippen molar-refractivity contribution >= 4 is 11.8 Å². The predicted molar refractivity (Wildman–Crippen MR) is 68.4 cm³/mol. The minimum absolute atomic E-state index is 0.0471. The van der Waals surface area contributed by atoms with Gasteiger partial charge in [0.1, 0.15) is 0 Å². The van der Waals surface area contributed by atoms with E-state index in [1.165, 1.54) is 6.92 Å². The summed E-state index contributed by atoms with van der Waals surface area (Å²) in [7, 11) is 0. The third kappa shape index (κ3) is 9.81. The fourth-order valence-corrected chi connectivity index (χ4v) is 1.65. The van der Waals surface area contributed by atoms with Crippen molar-refractivity contribution < 1.29 is 9.59 Å². The fraction of sp³-hybridized carbons (Fsp3) is 0.833. The minimum Gasteiger partial charge on any atom is -0.355 e. The van der Waals surface area contributed by atoms with Crippen LogP contribution in [-0.2, 0) is 9.59 Å². The summed E-state index contributed by atoms with van der Waals surface area (Å²) < 4.78 is 0. The molecule has 0 heterocycles. The van der Waals surface area contributed by atoms with Gasteiger partial charge in [0.25, 0.3) is 0 Å². The number of carbonyl (C=O) groups is 2. The molecule has 0 aliphatic heterocycles. The molecule has 2 amide bonds. The maximum Gasteiger partial charge on any atom is 0.220 e. The Bertz CT molecular complexity index is 232. The van der Waals surface area contributed by atoms with Crippen LogP contribution in [0.1, 0.15) is 39.5 Å². The van der Waals surface area contributed by atoms with Crippen LogP contribution >= 0.6 is 0 Å². The molecule has 1 unspecified atom stereocenters. The van der Waals surface area contributed by atoms with E-state index in [2.05, 4.69) is 17.6 Å². The first-order valence-electron chi connectivity index (χ1n) is 6.31. The van der Waals surface area contributed by atoms with E-state index in [0.717, 1.165) is 19.3 Å². The van der Waals surface area contributed by atoms with Crippen molar-refractivity contribution in [1.82, 2.24) is 10.6 Å². The van der Waals surface area contributed by atoms with E-state index >= 15 is 0 Å². The first-order valence-corrected chi connectivity index (χ1v) is 6.31. The van der Waals surface area contributed by atoms with Gasteiger partial charge >= 0.3 is 0 Å². The maximum atomic E-state index is 11.5. The third-order valence-electron chi connectivity index (χ3n) is 2.75.